The maximum absolute atomic E-state index is 13.8. The summed E-state index contributed by atoms with van der Waals surface area (Å²) in [5.41, 5.74) is 0. The Morgan fingerprint density at radius 1 is 1.06 bits per heavy atom. The number of halogens is 1. The summed E-state index contributed by atoms with van der Waals surface area (Å²) in [6, 6.07) is 0. The molecule has 0 bridgehead atoms. The SMILES string of the molecule is CCC1CCC(C2CCC(C=O)C(F)C2)CC1. The fourth-order valence-corrected chi connectivity index (χ4v) is 3.82. The molecule has 2 saturated carbocycles. The number of rotatable bonds is 3. The standard InChI is InChI=1S/C15H25FO/c1-2-11-3-5-12(6-4-11)13-7-8-14(10-17)15(16)9-13/h10-15H,2-9H2,1H3. The van der Waals surface area contributed by atoms with Gasteiger partial charge >= 0.3 is 0 Å². The van der Waals surface area contributed by atoms with Gasteiger partial charge in [0.25, 0.3) is 0 Å². The Morgan fingerprint density at radius 3 is 2.24 bits per heavy atom. The van der Waals surface area contributed by atoms with Gasteiger partial charge in [-0.3, -0.25) is 0 Å². The summed E-state index contributed by atoms with van der Waals surface area (Å²) in [6.45, 7) is 2.28. The maximum Gasteiger partial charge on any atom is 0.125 e. The minimum Gasteiger partial charge on any atom is -0.303 e. The van der Waals surface area contributed by atoms with Gasteiger partial charge in [-0.2, -0.15) is 0 Å². The van der Waals surface area contributed by atoms with Crippen LogP contribution in [0.3, 0.4) is 0 Å². The fourth-order valence-electron chi connectivity index (χ4n) is 3.82. The van der Waals surface area contributed by atoms with Crippen LogP contribution in [0.4, 0.5) is 4.39 Å². The quantitative estimate of drug-likeness (QED) is 0.677. The Morgan fingerprint density at radius 2 is 1.71 bits per heavy atom. The first-order valence-electron chi connectivity index (χ1n) is 7.34. The maximum atomic E-state index is 13.8. The van der Waals surface area contributed by atoms with Crippen molar-refractivity contribution in [2.45, 2.75) is 64.5 Å². The summed E-state index contributed by atoms with van der Waals surface area (Å²) in [5, 5.41) is 0. The minimum atomic E-state index is -0.866. The van der Waals surface area contributed by atoms with E-state index in [1.807, 2.05) is 0 Å². The van der Waals surface area contributed by atoms with Crippen LogP contribution in [0, 0.1) is 23.7 Å². The molecule has 3 atom stereocenters. The molecule has 0 aromatic heterocycles. The molecular weight excluding hydrogens is 215 g/mol. The highest BCUT2D eigenvalue weighted by atomic mass is 19.1. The molecule has 0 spiro atoms. The zero-order valence-corrected chi connectivity index (χ0v) is 10.9. The molecule has 2 rings (SSSR count). The second-order valence-electron chi connectivity index (χ2n) is 6.08. The summed E-state index contributed by atoms with van der Waals surface area (Å²) < 4.78 is 13.8. The number of carbonyl (C=O) groups is 1. The van der Waals surface area contributed by atoms with Gasteiger partial charge in [0.2, 0.25) is 0 Å². The molecule has 2 heteroatoms. The van der Waals surface area contributed by atoms with Crippen molar-refractivity contribution < 1.29 is 9.18 Å². The van der Waals surface area contributed by atoms with Gasteiger partial charge in [-0.25, -0.2) is 4.39 Å². The summed E-state index contributed by atoms with van der Waals surface area (Å²) in [5.74, 6) is 1.90. The smallest absolute Gasteiger partial charge is 0.125 e. The molecule has 0 heterocycles. The predicted molar refractivity (Wildman–Crippen MR) is 67.5 cm³/mol. The minimum absolute atomic E-state index is 0.307. The van der Waals surface area contributed by atoms with Crippen LogP contribution >= 0.6 is 0 Å². The monoisotopic (exact) mass is 240 g/mol. The second-order valence-corrected chi connectivity index (χ2v) is 6.08. The van der Waals surface area contributed by atoms with E-state index in [2.05, 4.69) is 6.92 Å². The van der Waals surface area contributed by atoms with Crippen LogP contribution in [0.2, 0.25) is 0 Å². The highest BCUT2D eigenvalue weighted by Crippen LogP contribution is 2.42. The lowest BCUT2D eigenvalue weighted by Gasteiger charge is -2.38. The highest BCUT2D eigenvalue weighted by Gasteiger charge is 2.35. The summed E-state index contributed by atoms with van der Waals surface area (Å²) in [7, 11) is 0. The zero-order chi connectivity index (χ0) is 12.3. The van der Waals surface area contributed by atoms with E-state index in [0.717, 1.165) is 31.0 Å². The zero-order valence-electron chi connectivity index (χ0n) is 10.9. The Hall–Kier alpha value is -0.400. The Kier molecular flexibility index (Phi) is 4.58. The van der Waals surface area contributed by atoms with E-state index in [1.165, 1.54) is 32.1 Å². The second kappa shape index (κ2) is 5.97. The lowest BCUT2D eigenvalue weighted by molar-refractivity contribution is -0.114. The van der Waals surface area contributed by atoms with Crippen LogP contribution in [0.1, 0.15) is 58.3 Å². The average Bonchev–Trinajstić information content (AvgIpc) is 2.39. The summed E-state index contributed by atoms with van der Waals surface area (Å²) in [4.78, 5) is 10.7. The number of alkyl halides is 1. The van der Waals surface area contributed by atoms with E-state index in [9.17, 15) is 9.18 Å². The Labute approximate surface area is 104 Å². The molecule has 0 aromatic carbocycles. The number of hydrogen-bond donors (Lipinski definition) is 0. The molecule has 0 aromatic rings. The van der Waals surface area contributed by atoms with Crippen LogP contribution < -0.4 is 0 Å². The third-order valence-electron chi connectivity index (χ3n) is 5.17. The van der Waals surface area contributed by atoms with Gasteiger partial charge in [-0.05, 0) is 49.9 Å². The van der Waals surface area contributed by atoms with E-state index in [0.29, 0.717) is 12.3 Å². The fraction of sp³-hybridized carbons (Fsp3) is 0.933. The molecule has 0 saturated heterocycles. The summed E-state index contributed by atoms with van der Waals surface area (Å²) in [6.07, 6.45) is 9.03. The molecule has 0 radical (unpaired) electrons. The molecule has 0 aliphatic heterocycles. The van der Waals surface area contributed by atoms with Crippen molar-refractivity contribution in [3.8, 4) is 0 Å². The first-order chi connectivity index (χ1) is 8.24. The van der Waals surface area contributed by atoms with Gasteiger partial charge in [-0.1, -0.05) is 26.2 Å². The van der Waals surface area contributed by atoms with Crippen molar-refractivity contribution in [2.75, 3.05) is 0 Å². The molecule has 2 aliphatic carbocycles. The molecule has 1 nitrogen and oxygen atoms in total. The third kappa shape index (κ3) is 3.08. The number of carbonyl (C=O) groups excluding carboxylic acids is 1. The summed E-state index contributed by atoms with van der Waals surface area (Å²) >= 11 is 0. The van der Waals surface area contributed by atoms with Crippen molar-refractivity contribution in [2.24, 2.45) is 23.7 Å². The highest BCUT2D eigenvalue weighted by molar-refractivity contribution is 5.54. The third-order valence-corrected chi connectivity index (χ3v) is 5.17. The van der Waals surface area contributed by atoms with Crippen LogP contribution in [0.25, 0.3) is 0 Å². The van der Waals surface area contributed by atoms with Crippen molar-refractivity contribution in [3.63, 3.8) is 0 Å². The van der Waals surface area contributed by atoms with Crippen LogP contribution in [-0.4, -0.2) is 12.5 Å². The lowest BCUT2D eigenvalue weighted by Crippen LogP contribution is -2.32. The predicted octanol–water partition coefficient (Wildman–Crippen LogP) is 4.16. The molecular formula is C15H25FO. The normalized spacial score (nSPS) is 43.3. The van der Waals surface area contributed by atoms with Crippen LogP contribution in [0.5, 0.6) is 0 Å². The molecule has 98 valence electrons. The van der Waals surface area contributed by atoms with E-state index < -0.39 is 6.17 Å². The van der Waals surface area contributed by atoms with Crippen molar-refractivity contribution in [3.05, 3.63) is 0 Å². The molecule has 0 N–H and O–H groups in total. The first kappa shape index (κ1) is 13.0. The van der Waals surface area contributed by atoms with E-state index in [-0.39, 0.29) is 5.92 Å². The number of hydrogen-bond acceptors (Lipinski definition) is 1. The molecule has 2 fully saturated rings. The van der Waals surface area contributed by atoms with Gasteiger partial charge in [-0.15, -0.1) is 0 Å². The van der Waals surface area contributed by atoms with Crippen LogP contribution in [0.15, 0.2) is 0 Å². The largest absolute Gasteiger partial charge is 0.303 e. The molecule has 0 amide bonds. The van der Waals surface area contributed by atoms with Gasteiger partial charge in [0.1, 0.15) is 12.5 Å². The van der Waals surface area contributed by atoms with E-state index >= 15 is 0 Å². The first-order valence-corrected chi connectivity index (χ1v) is 7.34. The Balaban J connectivity index is 1.82. The molecule has 2 aliphatic rings. The van der Waals surface area contributed by atoms with Crippen LogP contribution in [-0.2, 0) is 4.79 Å². The van der Waals surface area contributed by atoms with Gasteiger partial charge in [0.15, 0.2) is 0 Å². The van der Waals surface area contributed by atoms with E-state index in [4.69, 9.17) is 0 Å². The Bertz CT molecular complexity index is 245. The van der Waals surface area contributed by atoms with Gasteiger partial charge in [0.05, 0.1) is 0 Å². The number of aldehydes is 1. The van der Waals surface area contributed by atoms with Crippen molar-refractivity contribution in [1.82, 2.24) is 0 Å². The van der Waals surface area contributed by atoms with Gasteiger partial charge in [0, 0.05) is 5.92 Å². The lowest BCUT2D eigenvalue weighted by atomic mass is 9.68. The average molecular weight is 240 g/mol. The van der Waals surface area contributed by atoms with Crippen molar-refractivity contribution >= 4 is 6.29 Å². The molecule has 3 unspecified atom stereocenters. The van der Waals surface area contributed by atoms with E-state index in [1.54, 1.807) is 0 Å². The van der Waals surface area contributed by atoms with Crippen molar-refractivity contribution in [1.29, 1.82) is 0 Å². The van der Waals surface area contributed by atoms with Gasteiger partial charge < -0.3 is 4.79 Å². The topological polar surface area (TPSA) is 17.1 Å². The molecule has 17 heavy (non-hydrogen) atoms.